The van der Waals surface area contributed by atoms with Gasteiger partial charge in [-0.25, -0.2) is 4.79 Å². The molecule has 1 rings (SSSR count). The third-order valence-electron chi connectivity index (χ3n) is 2.17. The normalized spacial score (nSPS) is 10.6. The molecule has 0 saturated carbocycles. The highest BCUT2D eigenvalue weighted by Crippen LogP contribution is 2.16. The van der Waals surface area contributed by atoms with Crippen molar-refractivity contribution in [2.75, 3.05) is 7.11 Å². The van der Waals surface area contributed by atoms with Gasteiger partial charge in [0.15, 0.2) is 0 Å². The van der Waals surface area contributed by atoms with Crippen molar-refractivity contribution in [2.45, 2.75) is 19.4 Å². The van der Waals surface area contributed by atoms with Gasteiger partial charge < -0.3 is 10.1 Å². The Morgan fingerprint density at radius 1 is 1.28 bits per heavy atom. The Labute approximate surface area is 108 Å². The molecule has 1 aromatic carbocycles. The van der Waals surface area contributed by atoms with Gasteiger partial charge in [0.05, 0.1) is 13.2 Å². The van der Waals surface area contributed by atoms with Gasteiger partial charge in [0.2, 0.25) is 0 Å². The monoisotopic (exact) mass is 249 g/mol. The number of nitrogens with one attached hydrogen (secondary N) is 1. The summed E-state index contributed by atoms with van der Waals surface area (Å²) < 4.78 is 4.52. The van der Waals surface area contributed by atoms with Gasteiger partial charge in [-0.3, -0.25) is 4.79 Å². The summed E-state index contributed by atoms with van der Waals surface area (Å²) in [5, 5.41) is 2.63. The fourth-order valence-electron chi connectivity index (χ4n) is 1.43. The van der Waals surface area contributed by atoms with E-state index >= 15 is 0 Å². The topological polar surface area (TPSA) is 55.4 Å². The Bertz CT molecular complexity index is 376. The highest BCUT2D eigenvalue weighted by Gasteiger charge is 2.16. The molecule has 0 aliphatic carbocycles. The van der Waals surface area contributed by atoms with E-state index in [1.165, 1.54) is 14.0 Å². The Kier molecular flexibility index (Phi) is 7.94. The molecular weight excluding hydrogens is 230 g/mol. The fourth-order valence-corrected chi connectivity index (χ4v) is 1.43. The van der Waals surface area contributed by atoms with E-state index in [0.717, 1.165) is 5.56 Å². The van der Waals surface area contributed by atoms with Crippen LogP contribution in [0, 0.1) is 0 Å². The summed E-state index contributed by atoms with van der Waals surface area (Å²) in [6.07, 6.45) is -0.269. The van der Waals surface area contributed by atoms with Crippen molar-refractivity contribution in [1.82, 2.24) is 5.32 Å². The molecule has 1 N–H and O–H groups in total. The number of amides is 1. The number of benzene rings is 1. The van der Waals surface area contributed by atoms with Crippen molar-refractivity contribution in [3.63, 3.8) is 0 Å². The predicted molar refractivity (Wildman–Crippen MR) is 71.3 cm³/mol. The maximum atomic E-state index is 11.1. The van der Waals surface area contributed by atoms with Crippen LogP contribution in [0.25, 0.3) is 0 Å². The molecule has 0 spiro atoms. The molecule has 18 heavy (non-hydrogen) atoms. The molecular formula is C14H19NO3. The minimum atomic E-state index is -0.532. The standard InChI is InChI=1S/C12H15NO3.C2H4/c1-9(14)8-11(13-12(15)16-2)10-6-4-3-5-7-10;1-2/h3-7,11H,8H2,1-2H3,(H,13,15);1-2H2. The maximum absolute atomic E-state index is 11.1. The molecule has 1 unspecified atom stereocenters. The maximum Gasteiger partial charge on any atom is 0.407 e. The summed E-state index contributed by atoms with van der Waals surface area (Å²) >= 11 is 0. The van der Waals surface area contributed by atoms with Gasteiger partial charge in [0.1, 0.15) is 5.78 Å². The lowest BCUT2D eigenvalue weighted by Gasteiger charge is -2.16. The van der Waals surface area contributed by atoms with E-state index in [1.54, 1.807) is 0 Å². The van der Waals surface area contributed by atoms with Crippen LogP contribution >= 0.6 is 0 Å². The van der Waals surface area contributed by atoms with Crippen LogP contribution in [0.5, 0.6) is 0 Å². The van der Waals surface area contributed by atoms with Crippen LogP contribution in [-0.2, 0) is 9.53 Å². The van der Waals surface area contributed by atoms with Gasteiger partial charge in [-0.05, 0) is 12.5 Å². The zero-order chi connectivity index (χ0) is 14.0. The van der Waals surface area contributed by atoms with Gasteiger partial charge in [0, 0.05) is 6.42 Å². The van der Waals surface area contributed by atoms with Crippen LogP contribution in [0.2, 0.25) is 0 Å². The van der Waals surface area contributed by atoms with E-state index in [-0.39, 0.29) is 18.2 Å². The van der Waals surface area contributed by atoms with E-state index in [1.807, 2.05) is 30.3 Å². The third-order valence-corrected chi connectivity index (χ3v) is 2.17. The molecule has 4 nitrogen and oxygen atoms in total. The smallest absolute Gasteiger partial charge is 0.407 e. The van der Waals surface area contributed by atoms with Gasteiger partial charge in [0.25, 0.3) is 0 Å². The van der Waals surface area contributed by atoms with Crippen molar-refractivity contribution in [3.8, 4) is 0 Å². The first kappa shape index (κ1) is 15.9. The van der Waals surface area contributed by atoms with E-state index in [2.05, 4.69) is 23.2 Å². The third kappa shape index (κ3) is 5.84. The molecule has 1 aromatic rings. The van der Waals surface area contributed by atoms with E-state index < -0.39 is 6.09 Å². The molecule has 1 amide bonds. The summed E-state index contributed by atoms with van der Waals surface area (Å²) in [5.41, 5.74) is 0.892. The van der Waals surface area contributed by atoms with E-state index in [0.29, 0.717) is 0 Å². The first-order chi connectivity index (χ1) is 8.63. The van der Waals surface area contributed by atoms with Gasteiger partial charge in [-0.2, -0.15) is 0 Å². The Hall–Kier alpha value is -2.10. The highest BCUT2D eigenvalue weighted by atomic mass is 16.5. The highest BCUT2D eigenvalue weighted by molar-refractivity contribution is 5.77. The minimum absolute atomic E-state index is 0.0188. The summed E-state index contributed by atoms with van der Waals surface area (Å²) in [7, 11) is 1.30. The molecule has 98 valence electrons. The number of ketones is 1. The minimum Gasteiger partial charge on any atom is -0.453 e. The van der Waals surface area contributed by atoms with Gasteiger partial charge >= 0.3 is 6.09 Å². The summed E-state index contributed by atoms with van der Waals surface area (Å²) in [6, 6.07) is 9.01. The molecule has 0 heterocycles. The lowest BCUT2D eigenvalue weighted by molar-refractivity contribution is -0.117. The fraction of sp³-hybridized carbons (Fsp3) is 0.286. The molecule has 0 radical (unpaired) electrons. The Balaban J connectivity index is 0.00000137. The number of ether oxygens (including phenoxy) is 1. The average Bonchev–Trinajstić information content (AvgIpc) is 2.40. The lowest BCUT2D eigenvalue weighted by atomic mass is 10.0. The van der Waals surface area contributed by atoms with Crippen molar-refractivity contribution in [1.29, 1.82) is 0 Å². The van der Waals surface area contributed by atoms with Gasteiger partial charge in [-0.15, -0.1) is 13.2 Å². The second kappa shape index (κ2) is 8.98. The number of hydrogen-bond acceptors (Lipinski definition) is 3. The molecule has 0 bridgehead atoms. The van der Waals surface area contributed by atoms with Crippen molar-refractivity contribution >= 4 is 11.9 Å². The second-order valence-electron chi connectivity index (χ2n) is 3.51. The van der Waals surface area contributed by atoms with Crippen LogP contribution < -0.4 is 5.32 Å². The number of Topliss-reactive ketones (excluding diaryl/α,β-unsaturated/α-hetero) is 1. The SMILES string of the molecule is C=C.COC(=O)NC(CC(C)=O)c1ccccc1. The molecule has 1 atom stereocenters. The number of methoxy groups -OCH3 is 1. The zero-order valence-corrected chi connectivity index (χ0v) is 10.8. The number of rotatable bonds is 4. The van der Waals surface area contributed by atoms with Crippen LogP contribution in [0.3, 0.4) is 0 Å². The summed E-state index contributed by atoms with van der Waals surface area (Å²) in [4.78, 5) is 22.2. The van der Waals surface area contributed by atoms with Crippen LogP contribution in [0.4, 0.5) is 4.79 Å². The van der Waals surface area contributed by atoms with Crippen molar-refractivity contribution < 1.29 is 14.3 Å². The largest absolute Gasteiger partial charge is 0.453 e. The number of hydrogen-bond donors (Lipinski definition) is 1. The zero-order valence-electron chi connectivity index (χ0n) is 10.8. The Morgan fingerprint density at radius 3 is 2.28 bits per heavy atom. The molecule has 0 aliphatic heterocycles. The molecule has 0 fully saturated rings. The summed E-state index contributed by atoms with van der Waals surface area (Å²) in [5.74, 6) is 0.0188. The lowest BCUT2D eigenvalue weighted by Crippen LogP contribution is -2.29. The number of carbonyl (C=O) groups is 2. The Morgan fingerprint density at radius 2 is 1.83 bits per heavy atom. The second-order valence-corrected chi connectivity index (χ2v) is 3.51. The van der Waals surface area contributed by atoms with E-state index in [4.69, 9.17) is 0 Å². The molecule has 0 aromatic heterocycles. The first-order valence-electron chi connectivity index (χ1n) is 5.52. The van der Waals surface area contributed by atoms with E-state index in [9.17, 15) is 9.59 Å². The van der Waals surface area contributed by atoms with Crippen LogP contribution in [0.15, 0.2) is 43.5 Å². The van der Waals surface area contributed by atoms with Crippen LogP contribution in [0.1, 0.15) is 24.9 Å². The average molecular weight is 249 g/mol. The number of carbonyl (C=O) groups excluding carboxylic acids is 2. The van der Waals surface area contributed by atoms with Gasteiger partial charge in [-0.1, -0.05) is 30.3 Å². The quantitative estimate of drug-likeness (QED) is 0.835. The molecule has 0 aliphatic rings. The summed E-state index contributed by atoms with van der Waals surface area (Å²) in [6.45, 7) is 7.49. The molecule has 0 saturated heterocycles. The predicted octanol–water partition coefficient (Wildman–Crippen LogP) is 2.87. The first-order valence-corrected chi connectivity index (χ1v) is 5.52. The van der Waals surface area contributed by atoms with Crippen LogP contribution in [-0.4, -0.2) is 19.0 Å². The molecule has 4 heteroatoms. The van der Waals surface area contributed by atoms with Crippen molar-refractivity contribution in [3.05, 3.63) is 49.1 Å². The number of alkyl carbamates (subject to hydrolysis) is 1. The van der Waals surface area contributed by atoms with Crippen molar-refractivity contribution in [2.24, 2.45) is 0 Å².